The molecule has 0 saturated heterocycles. The molecule has 0 saturated carbocycles. The Morgan fingerprint density at radius 1 is 1.24 bits per heavy atom. The van der Waals surface area contributed by atoms with Crippen molar-refractivity contribution in [2.45, 2.75) is 57.5 Å². The highest BCUT2D eigenvalue weighted by Gasteiger charge is 2.12. The lowest BCUT2D eigenvalue weighted by atomic mass is 9.94. The van der Waals surface area contributed by atoms with Crippen molar-refractivity contribution < 1.29 is 9.52 Å². The van der Waals surface area contributed by atoms with Crippen LogP contribution in [-0.4, -0.2) is 11.2 Å². The maximum atomic E-state index is 10.2. The third-order valence-corrected chi connectivity index (χ3v) is 3.50. The molecule has 1 N–H and O–H groups in total. The second-order valence-corrected chi connectivity index (χ2v) is 4.87. The molecule has 1 heterocycles. The summed E-state index contributed by atoms with van der Waals surface area (Å²) in [5, 5.41) is 10.2. The van der Waals surface area contributed by atoms with Gasteiger partial charge in [-0.25, -0.2) is 0 Å². The molecule has 1 aromatic rings. The summed E-state index contributed by atoms with van der Waals surface area (Å²) in [6, 6.07) is 3.87. The fourth-order valence-electron chi connectivity index (χ4n) is 2.44. The lowest BCUT2D eigenvalue weighted by Crippen LogP contribution is -2.12. The Hall–Kier alpha value is -1.02. The van der Waals surface area contributed by atoms with Crippen molar-refractivity contribution in [2.75, 3.05) is 0 Å². The van der Waals surface area contributed by atoms with E-state index in [-0.39, 0.29) is 6.10 Å². The second-order valence-electron chi connectivity index (χ2n) is 4.87. The number of aliphatic hydroxyl groups excluding tert-OH is 1. The minimum Gasteiger partial charge on any atom is -0.469 e. The fraction of sp³-hybridized carbons (Fsp3) is 0.600. The van der Waals surface area contributed by atoms with Crippen LogP contribution in [0.15, 0.2) is 34.5 Å². The van der Waals surface area contributed by atoms with E-state index in [2.05, 4.69) is 6.08 Å². The van der Waals surface area contributed by atoms with E-state index in [0.29, 0.717) is 0 Å². The monoisotopic (exact) mass is 234 g/mol. The highest BCUT2D eigenvalue weighted by molar-refractivity contribution is 5.10. The van der Waals surface area contributed by atoms with Crippen molar-refractivity contribution in [1.82, 2.24) is 0 Å². The van der Waals surface area contributed by atoms with Gasteiger partial charge in [-0.15, -0.1) is 0 Å². The topological polar surface area (TPSA) is 33.4 Å². The molecule has 2 nitrogen and oxygen atoms in total. The summed E-state index contributed by atoms with van der Waals surface area (Å²) in [7, 11) is 0. The first kappa shape index (κ1) is 12.4. The van der Waals surface area contributed by atoms with Gasteiger partial charge in [0.1, 0.15) is 5.76 Å². The van der Waals surface area contributed by atoms with Crippen molar-refractivity contribution in [1.29, 1.82) is 0 Å². The molecular formula is C15H22O2. The Morgan fingerprint density at radius 2 is 2.12 bits per heavy atom. The molecule has 1 unspecified atom stereocenters. The maximum absolute atomic E-state index is 10.2. The second kappa shape index (κ2) is 6.65. The molecule has 0 bridgehead atoms. The van der Waals surface area contributed by atoms with E-state index < -0.39 is 0 Å². The van der Waals surface area contributed by atoms with Crippen LogP contribution < -0.4 is 0 Å². The van der Waals surface area contributed by atoms with Crippen molar-refractivity contribution in [3.05, 3.63) is 35.8 Å². The standard InChI is InChI=1S/C15H22O2/c16-15(11-10-14-9-6-12-17-14)13-7-4-2-1-3-5-8-13/h6-7,9,12,15-16H,1-5,8,10-11H2/b13-7+. The zero-order valence-corrected chi connectivity index (χ0v) is 10.4. The smallest absolute Gasteiger partial charge is 0.103 e. The molecule has 0 aliphatic heterocycles. The van der Waals surface area contributed by atoms with Gasteiger partial charge in [0.25, 0.3) is 0 Å². The molecule has 0 aromatic carbocycles. The van der Waals surface area contributed by atoms with Gasteiger partial charge in [-0.1, -0.05) is 18.9 Å². The third-order valence-electron chi connectivity index (χ3n) is 3.50. The predicted octanol–water partition coefficient (Wildman–Crippen LogP) is 3.85. The van der Waals surface area contributed by atoms with E-state index in [4.69, 9.17) is 4.42 Å². The Bertz CT molecular complexity index is 338. The largest absolute Gasteiger partial charge is 0.469 e. The Morgan fingerprint density at radius 3 is 2.94 bits per heavy atom. The third kappa shape index (κ3) is 4.04. The summed E-state index contributed by atoms with van der Waals surface area (Å²) in [4.78, 5) is 0. The van der Waals surface area contributed by atoms with E-state index >= 15 is 0 Å². The van der Waals surface area contributed by atoms with Crippen molar-refractivity contribution in [3.63, 3.8) is 0 Å². The lowest BCUT2D eigenvalue weighted by molar-refractivity contribution is 0.192. The summed E-state index contributed by atoms with van der Waals surface area (Å²) in [5.41, 5.74) is 1.25. The summed E-state index contributed by atoms with van der Waals surface area (Å²) < 4.78 is 5.29. The summed E-state index contributed by atoms with van der Waals surface area (Å²) in [6.07, 6.45) is 12.6. The molecule has 1 aromatic heterocycles. The molecule has 1 aliphatic carbocycles. The van der Waals surface area contributed by atoms with Gasteiger partial charge in [-0.2, -0.15) is 0 Å². The van der Waals surface area contributed by atoms with E-state index in [1.165, 1.54) is 31.3 Å². The molecule has 2 rings (SSSR count). The molecule has 94 valence electrons. The van der Waals surface area contributed by atoms with Gasteiger partial charge in [0, 0.05) is 6.42 Å². The minimum absolute atomic E-state index is 0.279. The number of furan rings is 1. The molecule has 0 spiro atoms. The quantitative estimate of drug-likeness (QED) is 0.803. The van der Waals surface area contributed by atoms with E-state index in [1.54, 1.807) is 6.26 Å². The number of allylic oxidation sites excluding steroid dienone is 1. The zero-order valence-electron chi connectivity index (χ0n) is 10.4. The first-order valence-corrected chi connectivity index (χ1v) is 6.75. The Balaban J connectivity index is 1.83. The molecule has 0 fully saturated rings. The summed E-state index contributed by atoms with van der Waals surface area (Å²) >= 11 is 0. The van der Waals surface area contributed by atoms with Crippen LogP contribution in [0.5, 0.6) is 0 Å². The number of rotatable bonds is 4. The fourth-order valence-corrected chi connectivity index (χ4v) is 2.44. The van der Waals surface area contributed by atoms with Crippen molar-refractivity contribution in [3.8, 4) is 0 Å². The molecule has 0 amide bonds. The SMILES string of the molecule is OC(CCc1ccco1)/C1=C/CCCCCC1. The minimum atomic E-state index is -0.279. The summed E-state index contributed by atoms with van der Waals surface area (Å²) in [6.45, 7) is 0. The normalized spacial score (nSPS) is 22.3. The van der Waals surface area contributed by atoms with Gasteiger partial charge < -0.3 is 9.52 Å². The first-order chi connectivity index (χ1) is 8.36. The van der Waals surface area contributed by atoms with Gasteiger partial charge in [0.2, 0.25) is 0 Å². The highest BCUT2D eigenvalue weighted by atomic mass is 16.3. The molecule has 17 heavy (non-hydrogen) atoms. The average molecular weight is 234 g/mol. The number of hydrogen-bond donors (Lipinski definition) is 1. The lowest BCUT2D eigenvalue weighted by Gasteiger charge is -2.17. The highest BCUT2D eigenvalue weighted by Crippen LogP contribution is 2.22. The number of hydrogen-bond acceptors (Lipinski definition) is 2. The van der Waals surface area contributed by atoms with E-state index in [0.717, 1.165) is 31.4 Å². The Labute approximate surface area is 103 Å². The zero-order chi connectivity index (χ0) is 11.9. The summed E-state index contributed by atoms with van der Waals surface area (Å²) in [5.74, 6) is 0.968. The van der Waals surface area contributed by atoms with Crippen LogP contribution in [0.1, 0.15) is 50.7 Å². The Kier molecular flexibility index (Phi) is 4.87. The molecular weight excluding hydrogens is 212 g/mol. The molecule has 2 heteroatoms. The van der Waals surface area contributed by atoms with Crippen LogP contribution in [0.4, 0.5) is 0 Å². The molecule has 1 atom stereocenters. The van der Waals surface area contributed by atoms with Crippen LogP contribution in [0, 0.1) is 0 Å². The van der Waals surface area contributed by atoms with Crippen LogP contribution in [-0.2, 0) is 6.42 Å². The van der Waals surface area contributed by atoms with Crippen LogP contribution in [0.2, 0.25) is 0 Å². The average Bonchev–Trinajstić information content (AvgIpc) is 2.78. The number of aryl methyl sites for hydroxylation is 1. The van der Waals surface area contributed by atoms with Crippen LogP contribution in [0.25, 0.3) is 0 Å². The van der Waals surface area contributed by atoms with Crippen LogP contribution in [0.3, 0.4) is 0 Å². The van der Waals surface area contributed by atoms with E-state index in [9.17, 15) is 5.11 Å². The molecule has 0 radical (unpaired) electrons. The van der Waals surface area contributed by atoms with Crippen molar-refractivity contribution >= 4 is 0 Å². The van der Waals surface area contributed by atoms with Crippen LogP contribution >= 0.6 is 0 Å². The maximum Gasteiger partial charge on any atom is 0.103 e. The van der Waals surface area contributed by atoms with Gasteiger partial charge in [-0.3, -0.25) is 0 Å². The first-order valence-electron chi connectivity index (χ1n) is 6.75. The van der Waals surface area contributed by atoms with Crippen molar-refractivity contribution in [2.24, 2.45) is 0 Å². The van der Waals surface area contributed by atoms with Gasteiger partial charge >= 0.3 is 0 Å². The predicted molar refractivity (Wildman–Crippen MR) is 68.8 cm³/mol. The number of aliphatic hydroxyl groups is 1. The van der Waals surface area contributed by atoms with Gasteiger partial charge in [0.05, 0.1) is 12.4 Å². The van der Waals surface area contributed by atoms with Gasteiger partial charge in [0.15, 0.2) is 0 Å². The van der Waals surface area contributed by atoms with E-state index in [1.807, 2.05) is 12.1 Å². The molecule has 1 aliphatic rings. The van der Waals surface area contributed by atoms with Gasteiger partial charge in [-0.05, 0) is 49.8 Å².